The zero-order valence-corrected chi connectivity index (χ0v) is 8.29. The largest absolute Gasteiger partial charge is 0.298 e. The molecule has 1 aromatic rings. The predicted octanol–water partition coefficient (Wildman–Crippen LogP) is 3.31. The fourth-order valence-electron chi connectivity index (χ4n) is 1.10. The maximum Gasteiger partial charge on any atom is 0.150 e. The molecule has 0 aromatic heterocycles. The van der Waals surface area contributed by atoms with Gasteiger partial charge in [-0.2, -0.15) is 0 Å². The van der Waals surface area contributed by atoms with Crippen molar-refractivity contribution in [3.05, 3.63) is 41.0 Å². The Labute approximate surface area is 79.1 Å². The van der Waals surface area contributed by atoms with Crippen molar-refractivity contribution in [1.29, 1.82) is 0 Å². The van der Waals surface area contributed by atoms with Crippen LogP contribution >= 0.6 is 0 Å². The summed E-state index contributed by atoms with van der Waals surface area (Å²) in [4.78, 5) is 10.4. The summed E-state index contributed by atoms with van der Waals surface area (Å²) < 4.78 is 0. The molecule has 1 nitrogen and oxygen atoms in total. The highest BCUT2D eigenvalue weighted by Crippen LogP contribution is 2.17. The minimum atomic E-state index is 0.727. The average molecular weight is 174 g/mol. The zero-order chi connectivity index (χ0) is 9.84. The van der Waals surface area contributed by atoms with E-state index in [1.54, 1.807) is 0 Å². The number of hydrogen-bond acceptors (Lipinski definition) is 1. The normalized spacial score (nSPS) is 9.46. The maximum absolute atomic E-state index is 10.4. The lowest BCUT2D eigenvalue weighted by Crippen LogP contribution is -1.84. The maximum atomic E-state index is 10.4. The van der Waals surface area contributed by atoms with Gasteiger partial charge in [-0.1, -0.05) is 29.8 Å². The first-order valence-electron chi connectivity index (χ1n) is 4.35. The summed E-state index contributed by atoms with van der Waals surface area (Å²) in [6.07, 6.45) is 0.863. The smallest absolute Gasteiger partial charge is 0.150 e. The summed E-state index contributed by atoms with van der Waals surface area (Å²) in [5.74, 6) is 0. The highest BCUT2D eigenvalue weighted by Gasteiger charge is 1.96. The second kappa shape index (κ2) is 4.04. The molecular formula is C12H14O. The number of carbonyl (C=O) groups excluding carboxylic acids is 1. The molecule has 0 aliphatic carbocycles. The Hall–Kier alpha value is -1.37. The van der Waals surface area contributed by atoms with Gasteiger partial charge in [0.15, 0.2) is 0 Å². The van der Waals surface area contributed by atoms with Crippen molar-refractivity contribution in [3.8, 4) is 0 Å². The van der Waals surface area contributed by atoms with Crippen LogP contribution in [0.5, 0.6) is 0 Å². The highest BCUT2D eigenvalue weighted by atomic mass is 16.1. The van der Waals surface area contributed by atoms with E-state index in [0.717, 1.165) is 11.8 Å². The van der Waals surface area contributed by atoms with Crippen LogP contribution in [0.25, 0.3) is 5.57 Å². The fourth-order valence-corrected chi connectivity index (χ4v) is 1.10. The van der Waals surface area contributed by atoms with Crippen molar-refractivity contribution in [2.45, 2.75) is 20.8 Å². The summed E-state index contributed by atoms with van der Waals surface area (Å²) in [5, 5.41) is 0. The number of rotatable bonds is 2. The van der Waals surface area contributed by atoms with Gasteiger partial charge >= 0.3 is 0 Å². The van der Waals surface area contributed by atoms with E-state index < -0.39 is 0 Å². The van der Waals surface area contributed by atoms with Gasteiger partial charge in [0.2, 0.25) is 0 Å². The molecule has 0 fully saturated rings. The van der Waals surface area contributed by atoms with Gasteiger partial charge in [-0.05, 0) is 31.9 Å². The Morgan fingerprint density at radius 1 is 1.08 bits per heavy atom. The zero-order valence-electron chi connectivity index (χ0n) is 8.29. The van der Waals surface area contributed by atoms with E-state index in [0.29, 0.717) is 0 Å². The van der Waals surface area contributed by atoms with Gasteiger partial charge in [-0.15, -0.1) is 0 Å². The lowest BCUT2D eigenvalue weighted by atomic mass is 10.0. The molecule has 0 atom stereocenters. The van der Waals surface area contributed by atoms with Crippen molar-refractivity contribution in [3.63, 3.8) is 0 Å². The predicted molar refractivity (Wildman–Crippen MR) is 55.8 cm³/mol. The molecule has 68 valence electrons. The molecule has 0 unspecified atom stereocenters. The lowest BCUT2D eigenvalue weighted by molar-refractivity contribution is 0.112. The Balaban J connectivity index is 3.06. The molecule has 1 rings (SSSR count). The van der Waals surface area contributed by atoms with E-state index in [2.05, 4.69) is 20.8 Å². The molecule has 0 radical (unpaired) electrons. The number of aldehydes is 1. The number of hydrogen-bond donors (Lipinski definition) is 0. The molecule has 0 aliphatic heterocycles. The summed E-state index contributed by atoms with van der Waals surface area (Å²) in [6.45, 7) is 6.26. The molecule has 1 heteroatoms. The van der Waals surface area contributed by atoms with Gasteiger partial charge in [0, 0.05) is 5.56 Å². The lowest BCUT2D eigenvalue weighted by Gasteiger charge is -2.03. The second-order valence-electron chi connectivity index (χ2n) is 3.36. The molecule has 13 heavy (non-hydrogen) atoms. The quantitative estimate of drug-likeness (QED) is 0.628. The molecule has 0 bridgehead atoms. The summed E-state index contributed by atoms with van der Waals surface area (Å²) in [5.41, 5.74) is 4.49. The molecule has 0 heterocycles. The first-order valence-corrected chi connectivity index (χ1v) is 4.35. The molecular weight excluding hydrogens is 160 g/mol. The monoisotopic (exact) mass is 174 g/mol. The van der Waals surface area contributed by atoms with Crippen molar-refractivity contribution in [2.75, 3.05) is 0 Å². The molecule has 1 aromatic carbocycles. The number of benzene rings is 1. The highest BCUT2D eigenvalue weighted by molar-refractivity contribution is 5.76. The third-order valence-corrected chi connectivity index (χ3v) is 2.23. The van der Waals surface area contributed by atoms with E-state index in [1.807, 2.05) is 24.3 Å². The SMILES string of the molecule is CC(C)=C(C)c1ccc(C=O)cc1. The van der Waals surface area contributed by atoms with Gasteiger partial charge in [0.05, 0.1) is 0 Å². The van der Waals surface area contributed by atoms with Crippen LogP contribution in [-0.2, 0) is 0 Å². The standard InChI is InChI=1S/C12H14O/c1-9(2)10(3)12-6-4-11(8-13)5-7-12/h4-8H,1-3H3. The fraction of sp³-hybridized carbons (Fsp3) is 0.250. The Kier molecular flexibility index (Phi) is 3.02. The Bertz CT molecular complexity index is 327. The van der Waals surface area contributed by atoms with Crippen LogP contribution < -0.4 is 0 Å². The van der Waals surface area contributed by atoms with Gasteiger partial charge in [0.25, 0.3) is 0 Å². The minimum absolute atomic E-state index is 0.727. The second-order valence-corrected chi connectivity index (χ2v) is 3.36. The first-order chi connectivity index (χ1) is 6.15. The first kappa shape index (κ1) is 9.72. The minimum Gasteiger partial charge on any atom is -0.298 e. The number of carbonyl (C=O) groups is 1. The van der Waals surface area contributed by atoms with Crippen LogP contribution in [0.3, 0.4) is 0 Å². The Morgan fingerprint density at radius 2 is 1.62 bits per heavy atom. The third kappa shape index (κ3) is 2.28. The topological polar surface area (TPSA) is 17.1 Å². The van der Waals surface area contributed by atoms with Crippen molar-refractivity contribution >= 4 is 11.9 Å². The van der Waals surface area contributed by atoms with Crippen molar-refractivity contribution < 1.29 is 4.79 Å². The van der Waals surface area contributed by atoms with Gasteiger partial charge in [-0.25, -0.2) is 0 Å². The molecule has 0 spiro atoms. The van der Waals surface area contributed by atoms with Crippen LogP contribution in [0.4, 0.5) is 0 Å². The summed E-state index contributed by atoms with van der Waals surface area (Å²) in [7, 11) is 0. The van der Waals surface area contributed by atoms with E-state index >= 15 is 0 Å². The number of allylic oxidation sites excluding steroid dienone is 2. The van der Waals surface area contributed by atoms with Crippen LogP contribution in [0.2, 0.25) is 0 Å². The average Bonchev–Trinajstić information content (AvgIpc) is 2.17. The Morgan fingerprint density at radius 3 is 2.00 bits per heavy atom. The van der Waals surface area contributed by atoms with E-state index in [9.17, 15) is 4.79 Å². The van der Waals surface area contributed by atoms with Crippen LogP contribution in [0.1, 0.15) is 36.7 Å². The molecule has 0 amide bonds. The molecule has 0 aliphatic rings. The van der Waals surface area contributed by atoms with Gasteiger partial charge < -0.3 is 0 Å². The third-order valence-electron chi connectivity index (χ3n) is 2.23. The molecule has 0 saturated carbocycles. The van der Waals surface area contributed by atoms with E-state index in [-0.39, 0.29) is 0 Å². The summed E-state index contributed by atoms with van der Waals surface area (Å²) in [6, 6.07) is 7.64. The summed E-state index contributed by atoms with van der Waals surface area (Å²) >= 11 is 0. The van der Waals surface area contributed by atoms with Crippen LogP contribution in [0.15, 0.2) is 29.8 Å². The van der Waals surface area contributed by atoms with E-state index in [1.165, 1.54) is 16.7 Å². The van der Waals surface area contributed by atoms with Crippen LogP contribution in [-0.4, -0.2) is 6.29 Å². The van der Waals surface area contributed by atoms with E-state index in [4.69, 9.17) is 0 Å². The van der Waals surface area contributed by atoms with Crippen molar-refractivity contribution in [2.24, 2.45) is 0 Å². The molecule has 0 N–H and O–H groups in total. The van der Waals surface area contributed by atoms with Crippen molar-refractivity contribution in [1.82, 2.24) is 0 Å². The molecule has 0 saturated heterocycles. The van der Waals surface area contributed by atoms with Crippen LogP contribution in [0, 0.1) is 0 Å². The van der Waals surface area contributed by atoms with Gasteiger partial charge in [0.1, 0.15) is 6.29 Å². The van der Waals surface area contributed by atoms with Gasteiger partial charge in [-0.3, -0.25) is 4.79 Å².